The Morgan fingerprint density at radius 2 is 1.50 bits per heavy atom. The van der Waals surface area contributed by atoms with E-state index in [1.807, 2.05) is 0 Å². The SMILES string of the molecule is O=[C]c1ccc([C]=O)c([C]=O)c1. The van der Waals surface area contributed by atoms with Crippen molar-refractivity contribution in [3.05, 3.63) is 34.9 Å². The van der Waals surface area contributed by atoms with Crippen LogP contribution in [0.4, 0.5) is 0 Å². The molecule has 0 atom stereocenters. The largest absolute Gasteiger partial charge is 0.285 e. The summed E-state index contributed by atoms with van der Waals surface area (Å²) < 4.78 is 0. The van der Waals surface area contributed by atoms with Crippen molar-refractivity contribution in [2.45, 2.75) is 0 Å². The van der Waals surface area contributed by atoms with Crippen molar-refractivity contribution in [3.8, 4) is 0 Å². The highest BCUT2D eigenvalue weighted by Crippen LogP contribution is 2.05. The van der Waals surface area contributed by atoms with E-state index in [0.717, 1.165) is 0 Å². The lowest BCUT2D eigenvalue weighted by atomic mass is 10.1. The molecule has 0 saturated carbocycles. The van der Waals surface area contributed by atoms with Crippen molar-refractivity contribution in [2.75, 3.05) is 0 Å². The van der Waals surface area contributed by atoms with Crippen LogP contribution in [0.5, 0.6) is 0 Å². The lowest BCUT2D eigenvalue weighted by Crippen LogP contribution is -1.93. The molecule has 0 unspecified atom stereocenters. The zero-order valence-corrected chi connectivity index (χ0v) is 5.96. The molecule has 0 heterocycles. The third kappa shape index (κ3) is 1.45. The van der Waals surface area contributed by atoms with Gasteiger partial charge in [-0.3, -0.25) is 14.4 Å². The fourth-order valence-corrected chi connectivity index (χ4v) is 0.781. The van der Waals surface area contributed by atoms with Gasteiger partial charge < -0.3 is 0 Å². The van der Waals surface area contributed by atoms with E-state index in [-0.39, 0.29) is 16.7 Å². The second-order valence-electron chi connectivity index (χ2n) is 2.07. The Morgan fingerprint density at radius 1 is 0.833 bits per heavy atom. The number of carbonyl (C=O) groups excluding carboxylic acids is 3. The molecule has 0 spiro atoms. The maximum atomic E-state index is 10.2. The first-order chi connectivity index (χ1) is 5.81. The van der Waals surface area contributed by atoms with Gasteiger partial charge in [0.1, 0.15) is 0 Å². The van der Waals surface area contributed by atoms with E-state index >= 15 is 0 Å². The van der Waals surface area contributed by atoms with Gasteiger partial charge in [-0.1, -0.05) is 6.07 Å². The van der Waals surface area contributed by atoms with Gasteiger partial charge in [0.2, 0.25) is 18.9 Å². The summed E-state index contributed by atoms with van der Waals surface area (Å²) in [6.07, 6.45) is 4.68. The first-order valence-electron chi connectivity index (χ1n) is 3.10. The predicted octanol–water partition coefficient (Wildman–Crippen LogP) is 0.0600. The summed E-state index contributed by atoms with van der Waals surface area (Å²) in [6.45, 7) is 0. The summed E-state index contributed by atoms with van der Waals surface area (Å²) in [5.74, 6) is 0. The van der Waals surface area contributed by atoms with Crippen molar-refractivity contribution >= 4 is 18.9 Å². The maximum absolute atomic E-state index is 10.2. The molecule has 3 radical (unpaired) electrons. The van der Waals surface area contributed by atoms with Crippen LogP contribution in [0.2, 0.25) is 0 Å². The zero-order chi connectivity index (χ0) is 8.97. The maximum Gasteiger partial charge on any atom is 0.234 e. The fraction of sp³-hybridized carbons (Fsp3) is 0. The Kier molecular flexibility index (Phi) is 2.48. The molecule has 3 heteroatoms. The van der Waals surface area contributed by atoms with Crippen LogP contribution in [0.3, 0.4) is 0 Å². The number of benzene rings is 1. The highest BCUT2D eigenvalue weighted by atomic mass is 16.1. The smallest absolute Gasteiger partial charge is 0.234 e. The lowest BCUT2D eigenvalue weighted by molar-refractivity contribution is 0.558. The fourth-order valence-electron chi connectivity index (χ4n) is 0.781. The Hall–Kier alpha value is -1.77. The van der Waals surface area contributed by atoms with E-state index in [4.69, 9.17) is 0 Å². The molecule has 0 aliphatic heterocycles. The van der Waals surface area contributed by atoms with Crippen molar-refractivity contribution in [3.63, 3.8) is 0 Å². The summed E-state index contributed by atoms with van der Waals surface area (Å²) in [5, 5.41) is 0. The van der Waals surface area contributed by atoms with Crippen LogP contribution in [0.15, 0.2) is 18.2 Å². The topological polar surface area (TPSA) is 51.2 Å². The van der Waals surface area contributed by atoms with E-state index in [1.54, 1.807) is 12.6 Å². The summed E-state index contributed by atoms with van der Waals surface area (Å²) in [5.41, 5.74) is 0.349. The van der Waals surface area contributed by atoms with E-state index in [0.29, 0.717) is 0 Å². The van der Waals surface area contributed by atoms with Gasteiger partial charge in [0.15, 0.2) is 0 Å². The highest BCUT2D eigenvalue weighted by Gasteiger charge is 2.03. The summed E-state index contributed by atoms with van der Waals surface area (Å²) in [4.78, 5) is 30.5. The lowest BCUT2D eigenvalue weighted by Gasteiger charge is -1.93. The van der Waals surface area contributed by atoms with E-state index in [2.05, 4.69) is 0 Å². The third-order valence-corrected chi connectivity index (χ3v) is 1.36. The number of rotatable bonds is 3. The molecule has 0 N–H and O–H groups in total. The minimum atomic E-state index is 0.0332. The molecule has 0 fully saturated rings. The van der Waals surface area contributed by atoms with Gasteiger partial charge >= 0.3 is 0 Å². The first kappa shape index (κ1) is 8.33. The number of hydrogen-bond acceptors (Lipinski definition) is 3. The van der Waals surface area contributed by atoms with E-state index in [9.17, 15) is 14.4 Å². The molecule has 3 nitrogen and oxygen atoms in total. The molecule has 1 aromatic rings. The van der Waals surface area contributed by atoms with Crippen LogP contribution in [0, 0.1) is 0 Å². The van der Waals surface area contributed by atoms with Gasteiger partial charge in [-0.25, -0.2) is 0 Å². The monoisotopic (exact) mass is 159 g/mol. The van der Waals surface area contributed by atoms with Crippen molar-refractivity contribution in [1.29, 1.82) is 0 Å². The second-order valence-corrected chi connectivity index (χ2v) is 2.07. The molecule has 1 aromatic carbocycles. The van der Waals surface area contributed by atoms with Crippen molar-refractivity contribution in [1.82, 2.24) is 0 Å². The molecular formula is C9H3O3. The van der Waals surface area contributed by atoms with Crippen LogP contribution in [-0.2, 0) is 14.4 Å². The predicted molar refractivity (Wildman–Crippen MR) is 40.8 cm³/mol. The Morgan fingerprint density at radius 3 is 2.00 bits per heavy atom. The van der Waals surface area contributed by atoms with Crippen molar-refractivity contribution in [2.24, 2.45) is 0 Å². The molecule has 0 bridgehead atoms. The third-order valence-electron chi connectivity index (χ3n) is 1.36. The van der Waals surface area contributed by atoms with Gasteiger partial charge in [0.25, 0.3) is 0 Å². The van der Waals surface area contributed by atoms with Gasteiger partial charge in [-0.05, 0) is 12.1 Å². The molecule has 0 aromatic heterocycles. The van der Waals surface area contributed by atoms with Gasteiger partial charge in [0.05, 0.1) is 0 Å². The Labute approximate surface area is 69.0 Å². The molecule has 57 valence electrons. The van der Waals surface area contributed by atoms with E-state index in [1.165, 1.54) is 24.5 Å². The Balaban J connectivity index is 3.27. The molecule has 0 saturated heterocycles. The second kappa shape index (κ2) is 3.57. The summed E-state index contributed by atoms with van der Waals surface area (Å²) in [7, 11) is 0. The minimum Gasteiger partial charge on any atom is -0.285 e. The van der Waals surface area contributed by atoms with E-state index < -0.39 is 0 Å². The first-order valence-corrected chi connectivity index (χ1v) is 3.10. The van der Waals surface area contributed by atoms with Gasteiger partial charge in [-0.15, -0.1) is 0 Å². The molecular weight excluding hydrogens is 156 g/mol. The van der Waals surface area contributed by atoms with Crippen LogP contribution in [0.25, 0.3) is 0 Å². The average Bonchev–Trinajstić information content (AvgIpc) is 2.16. The standard InChI is InChI=1S/C9H3O3/c10-4-7-1-2-8(5-11)9(3-7)6-12/h1-3H. The Bertz CT molecular complexity index is 329. The molecule has 0 amide bonds. The van der Waals surface area contributed by atoms with Crippen LogP contribution in [-0.4, -0.2) is 18.9 Å². The number of hydrogen-bond donors (Lipinski definition) is 0. The van der Waals surface area contributed by atoms with Gasteiger partial charge in [0, 0.05) is 16.7 Å². The minimum absolute atomic E-state index is 0.0332. The quantitative estimate of drug-likeness (QED) is 0.626. The van der Waals surface area contributed by atoms with Gasteiger partial charge in [-0.2, -0.15) is 0 Å². The summed E-state index contributed by atoms with van der Waals surface area (Å²) in [6, 6.07) is 3.95. The molecule has 12 heavy (non-hydrogen) atoms. The molecule has 1 rings (SSSR count). The summed E-state index contributed by atoms with van der Waals surface area (Å²) >= 11 is 0. The molecule has 0 aliphatic rings. The zero-order valence-electron chi connectivity index (χ0n) is 5.96. The van der Waals surface area contributed by atoms with Crippen molar-refractivity contribution < 1.29 is 14.4 Å². The average molecular weight is 159 g/mol. The van der Waals surface area contributed by atoms with Crippen LogP contribution >= 0.6 is 0 Å². The van der Waals surface area contributed by atoms with Crippen LogP contribution in [0.1, 0.15) is 16.7 Å². The van der Waals surface area contributed by atoms with Crippen LogP contribution < -0.4 is 0 Å². The highest BCUT2D eigenvalue weighted by molar-refractivity contribution is 5.93. The molecule has 0 aliphatic carbocycles. The normalized spacial score (nSPS) is 9.00.